The molecule has 1 aromatic heterocycles. The van der Waals surface area contributed by atoms with Gasteiger partial charge in [-0.15, -0.1) is 0 Å². The van der Waals surface area contributed by atoms with Gasteiger partial charge in [-0.2, -0.15) is 5.10 Å². The summed E-state index contributed by atoms with van der Waals surface area (Å²) in [5, 5.41) is 6.83. The van der Waals surface area contributed by atoms with Crippen LogP contribution in [-0.2, 0) is 7.05 Å². The van der Waals surface area contributed by atoms with E-state index in [1.165, 1.54) is 0 Å². The Bertz CT molecular complexity index is 308. The molecule has 0 bridgehead atoms. The van der Waals surface area contributed by atoms with Crippen molar-refractivity contribution in [3.8, 4) is 0 Å². The molecule has 5 nitrogen and oxygen atoms in total. The van der Waals surface area contributed by atoms with Crippen LogP contribution in [0.1, 0.15) is 29.8 Å². The van der Waals surface area contributed by atoms with Crippen LogP contribution >= 0.6 is 0 Å². The summed E-state index contributed by atoms with van der Waals surface area (Å²) in [4.78, 5) is 11.5. The predicted octanol–water partition coefficient (Wildman–Crippen LogP) is 0.279. The molecule has 0 saturated carbocycles. The number of hydrogen-bond donors (Lipinski definition) is 2. The van der Waals surface area contributed by atoms with Gasteiger partial charge in [-0.05, 0) is 25.5 Å². The third-order valence-electron chi connectivity index (χ3n) is 2.11. The van der Waals surface area contributed by atoms with Crippen molar-refractivity contribution in [1.82, 2.24) is 15.1 Å². The molecule has 0 aliphatic rings. The van der Waals surface area contributed by atoms with Gasteiger partial charge in [0.2, 0.25) is 0 Å². The maximum Gasteiger partial charge on any atom is 0.271 e. The van der Waals surface area contributed by atoms with Gasteiger partial charge in [-0.1, -0.05) is 6.42 Å². The van der Waals surface area contributed by atoms with E-state index in [0.29, 0.717) is 18.8 Å². The highest BCUT2D eigenvalue weighted by atomic mass is 16.1. The minimum atomic E-state index is -0.108. The van der Waals surface area contributed by atoms with Crippen LogP contribution in [0.3, 0.4) is 0 Å². The number of aromatic nitrogens is 2. The molecule has 0 aliphatic carbocycles. The maximum atomic E-state index is 11.5. The lowest BCUT2D eigenvalue weighted by Gasteiger charge is -2.02. The normalized spacial score (nSPS) is 10.3. The number of nitrogens with two attached hydrogens (primary N) is 1. The molecule has 0 radical (unpaired) electrons. The fraction of sp³-hybridized carbons (Fsp3) is 0.600. The molecule has 3 N–H and O–H groups in total. The third kappa shape index (κ3) is 4.12. The Kier molecular flexibility index (Phi) is 4.83. The molecule has 0 atom stereocenters. The largest absolute Gasteiger partial charge is 0.351 e. The number of nitrogens with one attached hydrogen (secondary N) is 1. The van der Waals surface area contributed by atoms with Crippen molar-refractivity contribution < 1.29 is 4.79 Å². The van der Waals surface area contributed by atoms with E-state index >= 15 is 0 Å². The summed E-state index contributed by atoms with van der Waals surface area (Å²) in [6.07, 6.45) is 4.79. The van der Waals surface area contributed by atoms with Crippen molar-refractivity contribution >= 4 is 5.91 Å². The van der Waals surface area contributed by atoms with Crippen LogP contribution in [0.5, 0.6) is 0 Å². The monoisotopic (exact) mass is 210 g/mol. The summed E-state index contributed by atoms with van der Waals surface area (Å²) in [6, 6.07) is 1.70. The van der Waals surface area contributed by atoms with Gasteiger partial charge in [-0.25, -0.2) is 0 Å². The Balaban J connectivity index is 2.19. The molecule has 0 unspecified atom stereocenters. The van der Waals surface area contributed by atoms with Crippen molar-refractivity contribution in [2.75, 3.05) is 13.1 Å². The van der Waals surface area contributed by atoms with E-state index in [9.17, 15) is 4.79 Å². The minimum Gasteiger partial charge on any atom is -0.351 e. The van der Waals surface area contributed by atoms with E-state index in [1.54, 1.807) is 24.0 Å². The van der Waals surface area contributed by atoms with Gasteiger partial charge in [0, 0.05) is 19.8 Å². The first-order valence-corrected chi connectivity index (χ1v) is 5.22. The molecule has 1 rings (SSSR count). The van der Waals surface area contributed by atoms with Crippen LogP contribution in [-0.4, -0.2) is 28.8 Å². The number of nitrogens with zero attached hydrogens (tertiary/aromatic N) is 2. The lowest BCUT2D eigenvalue weighted by atomic mass is 10.2. The van der Waals surface area contributed by atoms with Crippen LogP contribution < -0.4 is 11.1 Å². The van der Waals surface area contributed by atoms with E-state index in [0.717, 1.165) is 19.3 Å². The van der Waals surface area contributed by atoms with Crippen molar-refractivity contribution in [1.29, 1.82) is 0 Å². The summed E-state index contributed by atoms with van der Waals surface area (Å²) in [5.41, 5.74) is 5.83. The van der Waals surface area contributed by atoms with Gasteiger partial charge in [-0.3, -0.25) is 9.48 Å². The molecule has 0 aromatic carbocycles. The van der Waals surface area contributed by atoms with Crippen molar-refractivity contribution in [3.63, 3.8) is 0 Å². The lowest BCUT2D eigenvalue weighted by Crippen LogP contribution is -2.25. The Hall–Kier alpha value is -1.36. The third-order valence-corrected chi connectivity index (χ3v) is 2.11. The first-order chi connectivity index (χ1) is 7.24. The van der Waals surface area contributed by atoms with Gasteiger partial charge in [0.15, 0.2) is 0 Å². The van der Waals surface area contributed by atoms with Crippen molar-refractivity contribution in [2.24, 2.45) is 12.8 Å². The topological polar surface area (TPSA) is 72.9 Å². The maximum absolute atomic E-state index is 11.5. The van der Waals surface area contributed by atoms with Gasteiger partial charge >= 0.3 is 0 Å². The number of carbonyl (C=O) groups excluding carboxylic acids is 1. The standard InChI is InChI=1S/C10H18N4O/c1-14-8-5-9(13-14)10(15)12-7-4-2-3-6-11/h5,8H,2-4,6-7,11H2,1H3,(H,12,15). The highest BCUT2D eigenvalue weighted by Gasteiger charge is 2.06. The Morgan fingerprint density at radius 3 is 2.93 bits per heavy atom. The van der Waals surface area contributed by atoms with Gasteiger partial charge < -0.3 is 11.1 Å². The summed E-state index contributed by atoms with van der Waals surface area (Å²) in [5.74, 6) is -0.108. The smallest absolute Gasteiger partial charge is 0.271 e. The Morgan fingerprint density at radius 2 is 2.33 bits per heavy atom. The zero-order valence-corrected chi connectivity index (χ0v) is 9.07. The molecule has 1 amide bonds. The number of rotatable bonds is 6. The molecule has 84 valence electrons. The summed E-state index contributed by atoms with van der Waals surface area (Å²) in [7, 11) is 1.79. The first-order valence-electron chi connectivity index (χ1n) is 5.22. The molecule has 0 aliphatic heterocycles. The summed E-state index contributed by atoms with van der Waals surface area (Å²) < 4.78 is 1.61. The first kappa shape index (κ1) is 11.7. The van der Waals surface area contributed by atoms with Crippen LogP contribution in [0.15, 0.2) is 12.3 Å². The Morgan fingerprint density at radius 1 is 1.53 bits per heavy atom. The highest BCUT2D eigenvalue weighted by molar-refractivity contribution is 5.92. The predicted molar refractivity (Wildman–Crippen MR) is 58.4 cm³/mol. The number of carbonyl (C=O) groups is 1. The molecule has 0 saturated heterocycles. The Labute approximate surface area is 89.6 Å². The summed E-state index contributed by atoms with van der Waals surface area (Å²) >= 11 is 0. The molecule has 1 heterocycles. The van der Waals surface area contributed by atoms with E-state index in [-0.39, 0.29) is 5.91 Å². The molecular weight excluding hydrogens is 192 g/mol. The second kappa shape index (κ2) is 6.19. The quantitative estimate of drug-likeness (QED) is 0.662. The van der Waals surface area contributed by atoms with Gasteiger partial charge in [0.25, 0.3) is 5.91 Å². The van der Waals surface area contributed by atoms with Crippen LogP contribution in [0.2, 0.25) is 0 Å². The summed E-state index contributed by atoms with van der Waals surface area (Å²) in [6.45, 7) is 1.41. The fourth-order valence-electron chi connectivity index (χ4n) is 1.27. The molecule has 15 heavy (non-hydrogen) atoms. The van der Waals surface area contributed by atoms with Crippen LogP contribution in [0.4, 0.5) is 0 Å². The number of hydrogen-bond acceptors (Lipinski definition) is 3. The second-order valence-corrected chi connectivity index (χ2v) is 3.48. The van der Waals surface area contributed by atoms with Crippen molar-refractivity contribution in [2.45, 2.75) is 19.3 Å². The van der Waals surface area contributed by atoms with Gasteiger partial charge in [0.1, 0.15) is 5.69 Å². The highest BCUT2D eigenvalue weighted by Crippen LogP contribution is 1.95. The molecule has 1 aromatic rings. The van der Waals surface area contributed by atoms with Gasteiger partial charge in [0.05, 0.1) is 0 Å². The fourth-order valence-corrected chi connectivity index (χ4v) is 1.27. The van der Waals surface area contributed by atoms with Crippen LogP contribution in [0.25, 0.3) is 0 Å². The number of unbranched alkanes of at least 4 members (excludes halogenated alkanes) is 2. The zero-order chi connectivity index (χ0) is 11.1. The molecule has 0 spiro atoms. The SMILES string of the molecule is Cn1ccc(C(=O)NCCCCCN)n1. The van der Waals surface area contributed by atoms with E-state index in [4.69, 9.17) is 5.73 Å². The average Bonchev–Trinajstić information content (AvgIpc) is 2.64. The number of aryl methyl sites for hydroxylation is 1. The van der Waals surface area contributed by atoms with E-state index in [2.05, 4.69) is 10.4 Å². The van der Waals surface area contributed by atoms with E-state index in [1.807, 2.05) is 0 Å². The van der Waals surface area contributed by atoms with E-state index < -0.39 is 0 Å². The molecule has 5 heteroatoms. The number of amides is 1. The van der Waals surface area contributed by atoms with Crippen LogP contribution in [0, 0.1) is 0 Å². The molecular formula is C10H18N4O. The molecule has 0 fully saturated rings. The van der Waals surface area contributed by atoms with Crippen molar-refractivity contribution in [3.05, 3.63) is 18.0 Å². The lowest BCUT2D eigenvalue weighted by molar-refractivity contribution is 0.0947. The minimum absolute atomic E-state index is 0.108. The zero-order valence-electron chi connectivity index (χ0n) is 9.07. The average molecular weight is 210 g/mol. The second-order valence-electron chi connectivity index (χ2n) is 3.48.